The number of benzene rings is 3. The van der Waals surface area contributed by atoms with Gasteiger partial charge in [-0.25, -0.2) is 0 Å². The smallest absolute Gasteiger partial charge is 0.323 e. The average Bonchev–Trinajstić information content (AvgIpc) is 3.19. The molecule has 3 aromatic carbocycles. The standard InChI is InChI=1S/C28H28ClNO6/c1-28(14-18-7-9-22(29)10-8-18)15-21-12-20(13-24(35-3)26(21)36-28)27(33)30(17-25(31)32)16-19-5-4-6-23(11-19)34-2/h4-13H,14-17H2,1-3H3,(H,31,32)/t28-/m0/s1. The number of carbonyl (C=O) groups is 2. The van der Waals surface area contributed by atoms with E-state index in [2.05, 4.69) is 0 Å². The van der Waals surface area contributed by atoms with Gasteiger partial charge in [0.1, 0.15) is 17.9 Å². The predicted octanol–water partition coefficient (Wildman–Crippen LogP) is 5.02. The van der Waals surface area contributed by atoms with Gasteiger partial charge in [-0.1, -0.05) is 35.9 Å². The molecule has 4 rings (SSSR count). The summed E-state index contributed by atoms with van der Waals surface area (Å²) in [6.45, 7) is 1.69. The first-order valence-corrected chi connectivity index (χ1v) is 11.9. The molecule has 0 saturated carbocycles. The van der Waals surface area contributed by atoms with Crippen LogP contribution in [0.4, 0.5) is 0 Å². The third-order valence-electron chi connectivity index (χ3n) is 6.12. The first-order valence-electron chi connectivity index (χ1n) is 11.5. The van der Waals surface area contributed by atoms with Gasteiger partial charge in [0.05, 0.1) is 14.2 Å². The van der Waals surface area contributed by atoms with Gasteiger partial charge in [-0.05, 0) is 54.4 Å². The highest BCUT2D eigenvalue weighted by molar-refractivity contribution is 6.30. The van der Waals surface area contributed by atoms with Gasteiger partial charge in [0.15, 0.2) is 11.5 Å². The Morgan fingerprint density at radius 3 is 2.47 bits per heavy atom. The van der Waals surface area contributed by atoms with Gasteiger partial charge in [-0.3, -0.25) is 9.59 Å². The third kappa shape index (κ3) is 5.74. The van der Waals surface area contributed by atoms with Crippen molar-refractivity contribution in [2.45, 2.75) is 31.9 Å². The molecule has 1 N–H and O–H groups in total. The van der Waals surface area contributed by atoms with Gasteiger partial charge >= 0.3 is 5.97 Å². The van der Waals surface area contributed by atoms with E-state index in [9.17, 15) is 14.7 Å². The summed E-state index contributed by atoms with van der Waals surface area (Å²) in [4.78, 5) is 26.4. The van der Waals surface area contributed by atoms with Crippen molar-refractivity contribution in [2.75, 3.05) is 20.8 Å². The number of carbonyl (C=O) groups excluding carboxylic acids is 1. The van der Waals surface area contributed by atoms with Gasteiger partial charge in [-0.15, -0.1) is 0 Å². The fraction of sp³-hybridized carbons (Fsp3) is 0.286. The molecule has 36 heavy (non-hydrogen) atoms. The zero-order valence-electron chi connectivity index (χ0n) is 20.4. The molecule has 0 radical (unpaired) electrons. The number of halogens is 1. The monoisotopic (exact) mass is 509 g/mol. The Labute approximate surface area is 215 Å². The fourth-order valence-corrected chi connectivity index (χ4v) is 4.66. The minimum Gasteiger partial charge on any atom is -0.497 e. The number of methoxy groups -OCH3 is 2. The number of hydrogen-bond acceptors (Lipinski definition) is 5. The van der Waals surface area contributed by atoms with E-state index in [1.165, 1.54) is 12.0 Å². The van der Waals surface area contributed by atoms with E-state index in [0.717, 1.165) is 16.7 Å². The molecule has 0 saturated heterocycles. The molecule has 7 nitrogen and oxygen atoms in total. The highest BCUT2D eigenvalue weighted by Crippen LogP contribution is 2.44. The van der Waals surface area contributed by atoms with Crippen molar-refractivity contribution in [3.63, 3.8) is 0 Å². The summed E-state index contributed by atoms with van der Waals surface area (Å²) in [7, 11) is 3.08. The van der Waals surface area contributed by atoms with Gasteiger partial charge in [0.25, 0.3) is 5.91 Å². The summed E-state index contributed by atoms with van der Waals surface area (Å²) in [5, 5.41) is 10.1. The maximum atomic E-state index is 13.5. The third-order valence-corrected chi connectivity index (χ3v) is 6.38. The molecule has 1 amide bonds. The molecule has 188 valence electrons. The number of hydrogen-bond donors (Lipinski definition) is 1. The van der Waals surface area contributed by atoms with Crippen LogP contribution in [-0.4, -0.2) is 48.2 Å². The number of carboxylic acids is 1. The molecule has 8 heteroatoms. The Hall–Kier alpha value is -3.71. The van der Waals surface area contributed by atoms with Crippen LogP contribution in [0.5, 0.6) is 17.2 Å². The van der Waals surface area contributed by atoms with Crippen molar-refractivity contribution in [2.24, 2.45) is 0 Å². The van der Waals surface area contributed by atoms with Crippen LogP contribution in [0.15, 0.2) is 60.7 Å². The molecule has 1 heterocycles. The highest BCUT2D eigenvalue weighted by atomic mass is 35.5. The molecule has 0 spiro atoms. The number of amides is 1. The maximum Gasteiger partial charge on any atom is 0.323 e. The highest BCUT2D eigenvalue weighted by Gasteiger charge is 2.38. The number of carboxylic acid groups (broad SMARTS) is 1. The molecule has 3 aromatic rings. The SMILES string of the molecule is COc1cccc(CN(CC(=O)O)C(=O)c2cc3c(c(OC)c2)O[C@@](C)(Cc2ccc(Cl)cc2)C3)c1. The molecule has 0 unspecified atom stereocenters. The van der Waals surface area contributed by atoms with Crippen LogP contribution in [0.25, 0.3) is 0 Å². The molecular formula is C28H28ClNO6. The minimum atomic E-state index is -1.10. The summed E-state index contributed by atoms with van der Waals surface area (Å²) in [5.41, 5.74) is 2.48. The summed E-state index contributed by atoms with van der Waals surface area (Å²) in [5.74, 6) is 0.160. The Morgan fingerprint density at radius 2 is 1.81 bits per heavy atom. The van der Waals surface area contributed by atoms with Crippen molar-refractivity contribution in [1.29, 1.82) is 0 Å². The van der Waals surface area contributed by atoms with Crippen molar-refractivity contribution in [3.8, 4) is 17.2 Å². The molecule has 1 atom stereocenters. The van der Waals surface area contributed by atoms with E-state index in [-0.39, 0.29) is 6.54 Å². The number of aliphatic carboxylic acids is 1. The second-order valence-electron chi connectivity index (χ2n) is 9.11. The van der Waals surface area contributed by atoms with Gasteiger partial charge < -0.3 is 24.2 Å². The Kier molecular flexibility index (Phi) is 7.40. The van der Waals surface area contributed by atoms with Crippen molar-refractivity contribution < 1.29 is 28.9 Å². The topological polar surface area (TPSA) is 85.3 Å². The lowest BCUT2D eigenvalue weighted by Crippen LogP contribution is -2.35. The second-order valence-corrected chi connectivity index (χ2v) is 9.54. The van der Waals surface area contributed by atoms with Crippen molar-refractivity contribution >= 4 is 23.5 Å². The van der Waals surface area contributed by atoms with E-state index >= 15 is 0 Å². The van der Waals surface area contributed by atoms with E-state index in [1.54, 1.807) is 37.4 Å². The van der Waals surface area contributed by atoms with Crippen LogP contribution < -0.4 is 14.2 Å². The van der Waals surface area contributed by atoms with Gasteiger partial charge in [0, 0.05) is 35.5 Å². The number of nitrogens with zero attached hydrogens (tertiary/aromatic N) is 1. The number of rotatable bonds is 9. The lowest BCUT2D eigenvalue weighted by atomic mass is 9.91. The summed E-state index contributed by atoms with van der Waals surface area (Å²) >= 11 is 6.02. The molecular weight excluding hydrogens is 482 g/mol. The van der Waals surface area contributed by atoms with E-state index in [1.807, 2.05) is 37.3 Å². The zero-order valence-corrected chi connectivity index (χ0v) is 21.2. The van der Waals surface area contributed by atoms with Crippen LogP contribution >= 0.6 is 11.6 Å². The van der Waals surface area contributed by atoms with Crippen LogP contribution in [0.3, 0.4) is 0 Å². The second kappa shape index (κ2) is 10.5. The van der Waals surface area contributed by atoms with Gasteiger partial charge in [-0.2, -0.15) is 0 Å². The van der Waals surface area contributed by atoms with E-state index < -0.39 is 24.0 Å². The normalized spacial score (nSPS) is 16.1. The first-order chi connectivity index (χ1) is 17.2. The molecule has 0 bridgehead atoms. The minimum absolute atomic E-state index is 0.118. The lowest BCUT2D eigenvalue weighted by molar-refractivity contribution is -0.137. The average molecular weight is 510 g/mol. The largest absolute Gasteiger partial charge is 0.497 e. The van der Waals surface area contributed by atoms with Crippen LogP contribution in [0.2, 0.25) is 5.02 Å². The Bertz CT molecular complexity index is 1280. The number of fused-ring (bicyclic) bond motifs is 1. The maximum absolute atomic E-state index is 13.5. The first kappa shape index (κ1) is 25.4. The summed E-state index contributed by atoms with van der Waals surface area (Å²) < 4.78 is 17.2. The zero-order chi connectivity index (χ0) is 25.9. The quantitative estimate of drug-likeness (QED) is 0.436. The van der Waals surface area contributed by atoms with Gasteiger partial charge in [0.2, 0.25) is 0 Å². The predicted molar refractivity (Wildman–Crippen MR) is 136 cm³/mol. The van der Waals surface area contributed by atoms with Crippen LogP contribution in [0.1, 0.15) is 34.0 Å². The number of ether oxygens (including phenoxy) is 3. The van der Waals surface area contributed by atoms with E-state index in [0.29, 0.717) is 40.7 Å². The molecule has 1 aliphatic heterocycles. The summed E-state index contributed by atoms with van der Waals surface area (Å²) in [6, 6.07) is 18.2. The van der Waals surface area contributed by atoms with Crippen LogP contribution in [0, 0.1) is 0 Å². The molecule has 0 aromatic heterocycles. The van der Waals surface area contributed by atoms with E-state index in [4.69, 9.17) is 25.8 Å². The fourth-order valence-electron chi connectivity index (χ4n) is 4.54. The Balaban J connectivity index is 1.61. The molecule has 0 aliphatic carbocycles. The van der Waals surface area contributed by atoms with Crippen molar-refractivity contribution in [3.05, 3.63) is 87.9 Å². The Morgan fingerprint density at radius 1 is 1.06 bits per heavy atom. The molecule has 0 fully saturated rings. The molecule has 1 aliphatic rings. The summed E-state index contributed by atoms with van der Waals surface area (Å²) in [6.07, 6.45) is 1.21. The lowest BCUT2D eigenvalue weighted by Gasteiger charge is -2.24. The van der Waals surface area contributed by atoms with Crippen LogP contribution in [-0.2, 0) is 24.2 Å². The van der Waals surface area contributed by atoms with Crippen molar-refractivity contribution in [1.82, 2.24) is 4.90 Å².